The van der Waals surface area contributed by atoms with E-state index in [1.54, 1.807) is 19.1 Å². The van der Waals surface area contributed by atoms with Gasteiger partial charge in [-0.1, -0.05) is 39.8 Å². The molecular formula is C37H62N2O7. The van der Waals surface area contributed by atoms with Crippen molar-refractivity contribution in [3.8, 4) is 0 Å². The number of hydrogen-bond acceptors (Lipinski definition) is 7. The highest BCUT2D eigenvalue weighted by Crippen LogP contribution is 2.43. The average Bonchev–Trinajstić information content (AvgIpc) is 3.03. The van der Waals surface area contributed by atoms with Crippen LogP contribution in [0.2, 0.25) is 0 Å². The molecule has 46 heavy (non-hydrogen) atoms. The van der Waals surface area contributed by atoms with E-state index in [1.165, 1.54) is 0 Å². The third kappa shape index (κ3) is 12.2. The molecule has 9 heteroatoms. The lowest BCUT2D eigenvalue weighted by Gasteiger charge is -2.48. The van der Waals surface area contributed by atoms with Crippen LogP contribution in [0.4, 0.5) is 0 Å². The predicted octanol–water partition coefficient (Wildman–Crippen LogP) is 5.79. The Bertz CT molecular complexity index is 1020. The summed E-state index contributed by atoms with van der Waals surface area (Å²) < 4.78 is 19.4. The van der Waals surface area contributed by atoms with Gasteiger partial charge in [-0.3, -0.25) is 14.4 Å². The van der Waals surface area contributed by atoms with Gasteiger partial charge in [-0.2, -0.15) is 0 Å². The van der Waals surface area contributed by atoms with E-state index in [1.807, 2.05) is 13.0 Å². The fraction of sp³-hybridized carbons (Fsp3) is 0.811. The van der Waals surface area contributed by atoms with E-state index < -0.39 is 17.8 Å². The van der Waals surface area contributed by atoms with Gasteiger partial charge in [-0.05, 0) is 88.5 Å². The highest BCUT2D eigenvalue weighted by Gasteiger charge is 2.44. The minimum absolute atomic E-state index is 0.0132. The predicted molar refractivity (Wildman–Crippen MR) is 180 cm³/mol. The van der Waals surface area contributed by atoms with Gasteiger partial charge in [0, 0.05) is 32.4 Å². The van der Waals surface area contributed by atoms with Crippen molar-refractivity contribution >= 4 is 17.6 Å². The second kappa shape index (κ2) is 19.1. The van der Waals surface area contributed by atoms with Gasteiger partial charge in [-0.15, -0.1) is 6.58 Å². The largest absolute Gasteiger partial charge is 0.390 e. The first-order valence-corrected chi connectivity index (χ1v) is 18.0. The average molecular weight is 647 g/mol. The molecule has 3 saturated heterocycles. The summed E-state index contributed by atoms with van der Waals surface area (Å²) in [6, 6.07) is 0. The molecule has 3 fully saturated rings. The van der Waals surface area contributed by atoms with Crippen LogP contribution < -0.4 is 10.6 Å². The minimum Gasteiger partial charge on any atom is -0.390 e. The number of amides is 2. The van der Waals surface area contributed by atoms with E-state index in [9.17, 15) is 19.5 Å². The lowest BCUT2D eigenvalue weighted by atomic mass is 9.85. The summed E-state index contributed by atoms with van der Waals surface area (Å²) in [4.78, 5) is 37.4. The first kappa shape index (κ1) is 38.4. The number of carbonyl (C=O) groups excluding carboxylic acids is 3. The van der Waals surface area contributed by atoms with E-state index >= 15 is 0 Å². The Morgan fingerprint density at radius 1 is 0.957 bits per heavy atom. The molecule has 10 atom stereocenters. The zero-order chi connectivity index (χ0) is 33.7. The zero-order valence-electron chi connectivity index (χ0n) is 29.1. The van der Waals surface area contributed by atoms with Gasteiger partial charge in [0.2, 0.25) is 11.8 Å². The third-order valence-corrected chi connectivity index (χ3v) is 10.4. The molecule has 3 aliphatic rings. The van der Waals surface area contributed by atoms with Crippen molar-refractivity contribution in [1.29, 1.82) is 0 Å². The van der Waals surface area contributed by atoms with Gasteiger partial charge >= 0.3 is 0 Å². The first-order valence-electron chi connectivity index (χ1n) is 18.0. The zero-order valence-corrected chi connectivity index (χ0v) is 29.1. The van der Waals surface area contributed by atoms with Gasteiger partial charge in [0.15, 0.2) is 11.6 Å². The van der Waals surface area contributed by atoms with Crippen molar-refractivity contribution in [3.63, 3.8) is 0 Å². The highest BCUT2D eigenvalue weighted by atomic mass is 16.7. The van der Waals surface area contributed by atoms with E-state index in [-0.39, 0.29) is 60.9 Å². The molecule has 0 bridgehead atoms. The summed E-state index contributed by atoms with van der Waals surface area (Å²) in [5, 5.41) is 16.4. The van der Waals surface area contributed by atoms with Crippen LogP contribution >= 0.6 is 0 Å². The van der Waals surface area contributed by atoms with Crippen LogP contribution in [0.25, 0.3) is 0 Å². The van der Waals surface area contributed by atoms with Crippen LogP contribution in [-0.4, -0.2) is 72.1 Å². The Balaban J connectivity index is 1.35. The molecule has 3 aliphatic heterocycles. The molecule has 0 aromatic heterocycles. The molecule has 0 aromatic rings. The number of hydrogen-bond donors (Lipinski definition) is 3. The Labute approximate surface area is 277 Å². The summed E-state index contributed by atoms with van der Waals surface area (Å²) in [5.74, 6) is -0.462. The summed E-state index contributed by atoms with van der Waals surface area (Å²) in [6.45, 7) is 14.4. The fourth-order valence-electron chi connectivity index (χ4n) is 6.95. The van der Waals surface area contributed by atoms with Gasteiger partial charge in [0.25, 0.3) is 0 Å². The van der Waals surface area contributed by atoms with Gasteiger partial charge < -0.3 is 30.0 Å². The minimum atomic E-state index is -1.01. The Morgan fingerprint density at radius 2 is 1.72 bits per heavy atom. The van der Waals surface area contributed by atoms with Crippen LogP contribution in [0.5, 0.6) is 0 Å². The number of aliphatic hydroxyl groups is 1. The molecule has 0 saturated carbocycles. The standard InChI is InChI=1S/C37H62N2O7/c1-7-11-29(40)22-31-17-15-26(4)34(44-31)23-35(42)39-24-32(41)28(6)36(43)38-21-10-13-33-27(5)18-20-37(46-33)19-9-12-30(45-37)16-14-25(3)8-2/h7-8,11,25-28,30-34,41H,2,9-10,12-24H2,1,3-6H3,(H,38,43)(H,39,42). The Kier molecular flexibility index (Phi) is 15.9. The van der Waals surface area contributed by atoms with Crippen molar-refractivity contribution in [2.24, 2.45) is 23.7 Å². The van der Waals surface area contributed by atoms with Gasteiger partial charge in [0.1, 0.15) is 0 Å². The molecule has 0 aromatic carbocycles. The molecule has 0 radical (unpaired) electrons. The molecule has 3 N–H and O–H groups in total. The van der Waals surface area contributed by atoms with Crippen LogP contribution in [0.3, 0.4) is 0 Å². The summed E-state index contributed by atoms with van der Waals surface area (Å²) in [6.07, 6.45) is 15.2. The van der Waals surface area contributed by atoms with E-state index in [0.29, 0.717) is 24.8 Å². The SMILES string of the molecule is C=CC(C)CCC1CCCC2(CCC(C)C(CCCNC(=O)C(C)C(O)CNC(=O)CC3OC(CC(=O)C=CC)CCC3C)O2)O1. The number of aliphatic hydroxyl groups excluding tert-OH is 1. The smallest absolute Gasteiger partial charge is 0.225 e. The lowest BCUT2D eigenvalue weighted by Crippen LogP contribution is -2.50. The molecule has 3 rings (SSSR count). The summed E-state index contributed by atoms with van der Waals surface area (Å²) in [5.41, 5.74) is 0. The molecule has 10 unspecified atom stereocenters. The number of nitrogens with one attached hydrogen (secondary N) is 2. The molecule has 0 aliphatic carbocycles. The van der Waals surface area contributed by atoms with Gasteiger partial charge in [-0.25, -0.2) is 0 Å². The van der Waals surface area contributed by atoms with Gasteiger partial charge in [0.05, 0.1) is 42.9 Å². The summed E-state index contributed by atoms with van der Waals surface area (Å²) in [7, 11) is 0. The van der Waals surface area contributed by atoms with Crippen molar-refractivity contribution in [2.45, 2.75) is 154 Å². The maximum Gasteiger partial charge on any atom is 0.225 e. The van der Waals surface area contributed by atoms with Crippen LogP contribution in [0.1, 0.15) is 118 Å². The highest BCUT2D eigenvalue weighted by molar-refractivity contribution is 5.89. The van der Waals surface area contributed by atoms with Crippen molar-refractivity contribution < 1.29 is 33.7 Å². The number of carbonyl (C=O) groups is 3. The van der Waals surface area contributed by atoms with Crippen LogP contribution in [-0.2, 0) is 28.6 Å². The maximum absolute atomic E-state index is 12.8. The third-order valence-electron chi connectivity index (χ3n) is 10.4. The number of ketones is 1. The normalized spacial score (nSPS) is 32.0. The molecule has 1 spiro atoms. The number of rotatable bonds is 17. The molecule has 2 amide bonds. The first-order chi connectivity index (χ1) is 21.9. The molecule has 262 valence electrons. The topological polar surface area (TPSA) is 123 Å². The van der Waals surface area contributed by atoms with E-state index in [4.69, 9.17) is 14.2 Å². The summed E-state index contributed by atoms with van der Waals surface area (Å²) >= 11 is 0. The quantitative estimate of drug-likeness (QED) is 0.104. The molecular weight excluding hydrogens is 584 g/mol. The molecule has 3 heterocycles. The number of allylic oxidation sites excluding steroid dienone is 3. The van der Waals surface area contributed by atoms with Crippen molar-refractivity contribution in [3.05, 3.63) is 24.8 Å². The van der Waals surface area contributed by atoms with E-state index in [2.05, 4.69) is 38.0 Å². The second-order valence-electron chi connectivity index (χ2n) is 14.3. The maximum atomic E-state index is 12.8. The molecule has 9 nitrogen and oxygen atoms in total. The Hall–Kier alpha value is -2.07. The van der Waals surface area contributed by atoms with Crippen molar-refractivity contribution in [1.82, 2.24) is 10.6 Å². The number of ether oxygens (including phenoxy) is 3. The second-order valence-corrected chi connectivity index (χ2v) is 14.3. The van der Waals surface area contributed by atoms with Crippen LogP contribution in [0.15, 0.2) is 24.8 Å². The van der Waals surface area contributed by atoms with Crippen molar-refractivity contribution in [2.75, 3.05) is 13.1 Å². The Morgan fingerprint density at radius 3 is 2.46 bits per heavy atom. The fourth-order valence-corrected chi connectivity index (χ4v) is 6.95. The lowest BCUT2D eigenvalue weighted by molar-refractivity contribution is -0.324. The van der Waals surface area contributed by atoms with E-state index in [0.717, 1.165) is 70.6 Å². The van der Waals surface area contributed by atoms with Crippen LogP contribution in [0, 0.1) is 23.7 Å². The monoisotopic (exact) mass is 646 g/mol.